The van der Waals surface area contributed by atoms with Crippen LogP contribution in [0.5, 0.6) is 5.75 Å². The zero-order chi connectivity index (χ0) is 13.7. The van der Waals surface area contributed by atoms with Crippen LogP contribution in [0, 0.1) is 0 Å². The first-order valence-corrected chi connectivity index (χ1v) is 7.64. The second-order valence-electron chi connectivity index (χ2n) is 4.81. The van der Waals surface area contributed by atoms with Gasteiger partial charge < -0.3 is 15.3 Å². The molecule has 2 N–H and O–H groups in total. The fourth-order valence-corrected chi connectivity index (χ4v) is 3.05. The minimum absolute atomic E-state index is 0.114. The van der Waals surface area contributed by atoms with E-state index in [1.807, 2.05) is 23.9 Å². The second kappa shape index (κ2) is 6.82. The van der Waals surface area contributed by atoms with Crippen LogP contribution in [-0.2, 0) is 11.3 Å². The molecule has 0 bridgehead atoms. The standard InChI is InChI=1S/C14H20N2O2S/c1-16(9-11-4-2-3-5-13(11)17)14(18)8-12-10-19-7-6-15-12/h2-5,12,15,17H,6-10H2,1H3. The Kier molecular flexibility index (Phi) is 5.10. The van der Waals surface area contributed by atoms with E-state index in [0.29, 0.717) is 13.0 Å². The van der Waals surface area contributed by atoms with E-state index < -0.39 is 0 Å². The van der Waals surface area contributed by atoms with Crippen LogP contribution in [-0.4, -0.2) is 47.1 Å². The van der Waals surface area contributed by atoms with E-state index >= 15 is 0 Å². The molecule has 104 valence electrons. The van der Waals surface area contributed by atoms with Gasteiger partial charge in [-0.3, -0.25) is 4.79 Å². The third-order valence-corrected chi connectivity index (χ3v) is 4.38. The van der Waals surface area contributed by atoms with Crippen LogP contribution in [0.4, 0.5) is 0 Å². The van der Waals surface area contributed by atoms with E-state index in [9.17, 15) is 9.90 Å². The number of rotatable bonds is 4. The van der Waals surface area contributed by atoms with Crippen molar-refractivity contribution in [2.24, 2.45) is 0 Å². The quantitative estimate of drug-likeness (QED) is 0.876. The van der Waals surface area contributed by atoms with Gasteiger partial charge in [0, 0.05) is 49.7 Å². The van der Waals surface area contributed by atoms with Crippen LogP contribution in [0.25, 0.3) is 0 Å². The summed E-state index contributed by atoms with van der Waals surface area (Å²) in [5.74, 6) is 2.48. The van der Waals surface area contributed by atoms with Crippen molar-refractivity contribution in [3.63, 3.8) is 0 Å². The monoisotopic (exact) mass is 280 g/mol. The summed E-state index contributed by atoms with van der Waals surface area (Å²) in [6.07, 6.45) is 0.525. The Hall–Kier alpha value is -1.20. The number of nitrogens with one attached hydrogen (secondary N) is 1. The maximum absolute atomic E-state index is 12.1. The van der Waals surface area contributed by atoms with Gasteiger partial charge in [0.15, 0.2) is 0 Å². The van der Waals surface area contributed by atoms with Crippen LogP contribution in [0.15, 0.2) is 24.3 Å². The van der Waals surface area contributed by atoms with Gasteiger partial charge in [0.1, 0.15) is 5.75 Å². The number of para-hydroxylation sites is 1. The molecule has 1 amide bonds. The maximum atomic E-state index is 12.1. The Labute approximate surface area is 118 Å². The predicted octanol–water partition coefficient (Wildman–Crippen LogP) is 1.45. The van der Waals surface area contributed by atoms with Crippen LogP contribution in [0.3, 0.4) is 0 Å². The molecule has 1 heterocycles. The highest BCUT2D eigenvalue weighted by Gasteiger charge is 2.19. The van der Waals surface area contributed by atoms with Gasteiger partial charge in [-0.1, -0.05) is 18.2 Å². The molecule has 1 saturated heterocycles. The lowest BCUT2D eigenvalue weighted by molar-refractivity contribution is -0.130. The molecule has 1 atom stereocenters. The number of carbonyl (C=O) groups is 1. The first kappa shape index (κ1) is 14.2. The van der Waals surface area contributed by atoms with Crippen LogP contribution in [0.2, 0.25) is 0 Å². The zero-order valence-electron chi connectivity index (χ0n) is 11.1. The molecule has 4 nitrogen and oxygen atoms in total. The Morgan fingerprint density at radius 2 is 2.32 bits per heavy atom. The molecule has 19 heavy (non-hydrogen) atoms. The van der Waals surface area contributed by atoms with Gasteiger partial charge in [0.25, 0.3) is 0 Å². The summed E-state index contributed by atoms with van der Waals surface area (Å²) in [5, 5.41) is 13.1. The molecular weight excluding hydrogens is 260 g/mol. The van der Waals surface area contributed by atoms with Crippen LogP contribution >= 0.6 is 11.8 Å². The first-order chi connectivity index (χ1) is 9.16. The van der Waals surface area contributed by atoms with E-state index in [4.69, 9.17) is 0 Å². The number of nitrogens with zero attached hydrogens (tertiary/aromatic N) is 1. The number of hydrogen-bond acceptors (Lipinski definition) is 4. The predicted molar refractivity (Wildman–Crippen MR) is 78.3 cm³/mol. The minimum atomic E-state index is 0.114. The average molecular weight is 280 g/mol. The van der Waals surface area contributed by atoms with Crippen molar-refractivity contribution in [3.8, 4) is 5.75 Å². The molecule has 2 rings (SSSR count). The SMILES string of the molecule is CN(Cc1ccccc1O)C(=O)CC1CSCCN1. The van der Waals surface area contributed by atoms with Gasteiger partial charge in [0.05, 0.1) is 0 Å². The molecule has 0 radical (unpaired) electrons. The number of hydrogen-bond donors (Lipinski definition) is 2. The zero-order valence-corrected chi connectivity index (χ0v) is 11.9. The number of phenols is 1. The van der Waals surface area contributed by atoms with Crippen molar-refractivity contribution in [2.45, 2.75) is 19.0 Å². The van der Waals surface area contributed by atoms with Gasteiger partial charge in [-0.25, -0.2) is 0 Å². The number of carbonyl (C=O) groups excluding carboxylic acids is 1. The lowest BCUT2D eigenvalue weighted by Gasteiger charge is -2.25. The first-order valence-electron chi connectivity index (χ1n) is 6.49. The summed E-state index contributed by atoms with van der Waals surface area (Å²) in [4.78, 5) is 13.8. The number of amides is 1. The Morgan fingerprint density at radius 3 is 3.00 bits per heavy atom. The van der Waals surface area contributed by atoms with Crippen molar-refractivity contribution in [1.29, 1.82) is 0 Å². The van der Waals surface area contributed by atoms with Gasteiger partial charge in [0.2, 0.25) is 5.91 Å². The molecule has 0 aromatic heterocycles. The lowest BCUT2D eigenvalue weighted by atomic mass is 10.1. The summed E-state index contributed by atoms with van der Waals surface area (Å²) in [7, 11) is 1.78. The van der Waals surface area contributed by atoms with Crippen molar-refractivity contribution in [3.05, 3.63) is 29.8 Å². The van der Waals surface area contributed by atoms with E-state index in [0.717, 1.165) is 23.6 Å². The van der Waals surface area contributed by atoms with Crippen molar-refractivity contribution in [1.82, 2.24) is 10.2 Å². The molecule has 0 aliphatic carbocycles. The summed E-state index contributed by atoms with van der Waals surface area (Å²) >= 11 is 1.89. The highest BCUT2D eigenvalue weighted by molar-refractivity contribution is 7.99. The van der Waals surface area contributed by atoms with Crippen molar-refractivity contribution in [2.75, 3.05) is 25.1 Å². The fourth-order valence-electron chi connectivity index (χ4n) is 2.11. The van der Waals surface area contributed by atoms with Gasteiger partial charge in [-0.15, -0.1) is 0 Å². The Bertz CT molecular complexity index is 433. The average Bonchev–Trinajstić information content (AvgIpc) is 2.42. The van der Waals surface area contributed by atoms with Crippen molar-refractivity contribution < 1.29 is 9.90 Å². The number of benzene rings is 1. The van der Waals surface area contributed by atoms with Gasteiger partial charge in [-0.2, -0.15) is 11.8 Å². The van der Waals surface area contributed by atoms with Gasteiger partial charge >= 0.3 is 0 Å². The molecule has 0 spiro atoms. The number of aromatic hydroxyl groups is 1. The molecule has 1 aromatic rings. The molecule has 1 aliphatic heterocycles. The molecule has 1 unspecified atom stereocenters. The molecule has 5 heteroatoms. The van der Waals surface area contributed by atoms with E-state index in [1.54, 1.807) is 24.1 Å². The minimum Gasteiger partial charge on any atom is -0.508 e. The molecule has 1 aliphatic rings. The summed E-state index contributed by atoms with van der Waals surface area (Å²) in [6.45, 7) is 1.43. The Morgan fingerprint density at radius 1 is 1.53 bits per heavy atom. The van der Waals surface area contributed by atoms with Crippen LogP contribution < -0.4 is 5.32 Å². The normalized spacial score (nSPS) is 19.1. The topological polar surface area (TPSA) is 52.6 Å². The van der Waals surface area contributed by atoms with E-state index in [-0.39, 0.29) is 17.7 Å². The largest absolute Gasteiger partial charge is 0.508 e. The highest BCUT2D eigenvalue weighted by atomic mass is 32.2. The highest BCUT2D eigenvalue weighted by Crippen LogP contribution is 2.18. The van der Waals surface area contributed by atoms with E-state index in [1.165, 1.54) is 0 Å². The molecule has 1 fully saturated rings. The maximum Gasteiger partial charge on any atom is 0.224 e. The van der Waals surface area contributed by atoms with E-state index in [2.05, 4.69) is 5.32 Å². The molecule has 1 aromatic carbocycles. The molecule has 0 saturated carbocycles. The summed E-state index contributed by atoms with van der Waals surface area (Å²) < 4.78 is 0. The third-order valence-electron chi connectivity index (χ3n) is 3.24. The number of thioether (sulfide) groups is 1. The van der Waals surface area contributed by atoms with Gasteiger partial charge in [-0.05, 0) is 6.07 Å². The summed E-state index contributed by atoms with van der Waals surface area (Å²) in [6, 6.07) is 7.41. The fraction of sp³-hybridized carbons (Fsp3) is 0.500. The van der Waals surface area contributed by atoms with Crippen molar-refractivity contribution >= 4 is 17.7 Å². The van der Waals surface area contributed by atoms with Crippen LogP contribution in [0.1, 0.15) is 12.0 Å². The molecular formula is C14H20N2O2S. The number of phenolic OH excluding ortho intramolecular Hbond substituents is 1. The summed E-state index contributed by atoms with van der Waals surface area (Å²) in [5.41, 5.74) is 0.782. The Balaban J connectivity index is 1.87. The second-order valence-corrected chi connectivity index (χ2v) is 5.96. The lowest BCUT2D eigenvalue weighted by Crippen LogP contribution is -2.41. The third kappa shape index (κ3) is 4.14. The smallest absolute Gasteiger partial charge is 0.224 e.